The second kappa shape index (κ2) is 15.6. The van der Waals surface area contributed by atoms with Crippen molar-refractivity contribution in [1.29, 1.82) is 0 Å². The molecule has 3 aromatic rings. The Labute approximate surface area is 204 Å². The molecule has 0 unspecified atom stereocenters. The first-order valence-electron chi connectivity index (χ1n) is 11.8. The van der Waals surface area contributed by atoms with Crippen molar-refractivity contribution >= 4 is 11.8 Å². The number of aryl methyl sites for hydroxylation is 1. The van der Waals surface area contributed by atoms with E-state index >= 15 is 0 Å². The Hall–Kier alpha value is -3.24. The van der Waals surface area contributed by atoms with E-state index in [2.05, 4.69) is 31.2 Å². The molecule has 0 spiro atoms. The summed E-state index contributed by atoms with van der Waals surface area (Å²) in [6.45, 7) is 11.2. The summed E-state index contributed by atoms with van der Waals surface area (Å²) in [5.41, 5.74) is 7.31. The zero-order valence-corrected chi connectivity index (χ0v) is 21.3. The highest BCUT2D eigenvalue weighted by Crippen LogP contribution is 2.44. The first kappa shape index (κ1) is 28.8. The molecule has 34 heavy (non-hydrogen) atoms. The van der Waals surface area contributed by atoms with Crippen LogP contribution in [0.1, 0.15) is 69.7 Å². The molecule has 1 N–H and O–H groups in total. The Morgan fingerprint density at radius 2 is 1.18 bits per heavy atom. The fourth-order valence-electron chi connectivity index (χ4n) is 3.52. The van der Waals surface area contributed by atoms with Gasteiger partial charge in [0.1, 0.15) is 12.4 Å². The van der Waals surface area contributed by atoms with Gasteiger partial charge in [0.25, 0.3) is 0 Å². The predicted octanol–water partition coefficient (Wildman–Crippen LogP) is 6.72. The summed E-state index contributed by atoms with van der Waals surface area (Å²) in [6.07, 6.45) is 1.06. The van der Waals surface area contributed by atoms with Crippen LogP contribution in [0.2, 0.25) is 0 Å². The Morgan fingerprint density at radius 1 is 0.765 bits per heavy atom. The molecule has 4 rings (SSSR count). The minimum atomic E-state index is -0.225. The predicted molar refractivity (Wildman–Crippen MR) is 140 cm³/mol. The van der Waals surface area contributed by atoms with E-state index in [9.17, 15) is 9.59 Å². The number of carbonyl (C=O) groups excluding carboxylic acids is 2. The Morgan fingerprint density at radius 3 is 1.56 bits per heavy atom. The highest BCUT2D eigenvalue weighted by Gasteiger charge is 2.28. The Balaban J connectivity index is 0.000000306. The van der Waals surface area contributed by atoms with Crippen molar-refractivity contribution in [3.05, 3.63) is 95.1 Å². The first-order chi connectivity index (χ1) is 16.4. The molecule has 4 heteroatoms. The molecule has 0 fully saturated rings. The largest absolute Gasteiger partial charge is 0.465 e. The van der Waals surface area contributed by atoms with E-state index in [0.29, 0.717) is 6.61 Å². The molecule has 0 saturated carbocycles. The average molecular weight is 463 g/mol. The summed E-state index contributed by atoms with van der Waals surface area (Å²) < 4.78 is 5.20. The Bertz CT molecular complexity index is 949. The number of fused-ring (bicyclic) bond motifs is 3. The van der Waals surface area contributed by atoms with Gasteiger partial charge in [-0.15, -0.1) is 0 Å². The molecule has 0 atom stereocenters. The van der Waals surface area contributed by atoms with Crippen LogP contribution in [0.5, 0.6) is 0 Å². The summed E-state index contributed by atoms with van der Waals surface area (Å²) in [6, 6.07) is 24.6. The molecule has 0 aliphatic heterocycles. The number of esters is 1. The Kier molecular flexibility index (Phi) is 13.2. The van der Waals surface area contributed by atoms with Gasteiger partial charge in [-0.3, -0.25) is 4.79 Å². The van der Waals surface area contributed by atoms with Crippen molar-refractivity contribution in [2.75, 3.05) is 6.61 Å². The van der Waals surface area contributed by atoms with Gasteiger partial charge in [0.2, 0.25) is 0 Å². The summed E-state index contributed by atoms with van der Waals surface area (Å²) in [4.78, 5) is 20.4. The van der Waals surface area contributed by atoms with E-state index in [1.165, 1.54) is 48.6 Å². The summed E-state index contributed by atoms with van der Waals surface area (Å²) in [7, 11) is 0. The summed E-state index contributed by atoms with van der Waals surface area (Å²) in [5, 5.41) is 8.70. The molecular formula is C30H38O4. The molecule has 0 saturated heterocycles. The molecule has 4 nitrogen and oxygen atoms in total. The number of benzene rings is 3. The zero-order valence-electron chi connectivity index (χ0n) is 21.3. The van der Waals surface area contributed by atoms with Gasteiger partial charge in [0.05, 0.1) is 6.61 Å². The minimum absolute atomic E-state index is 0.143. The van der Waals surface area contributed by atoms with Crippen molar-refractivity contribution in [3.8, 4) is 11.1 Å². The van der Waals surface area contributed by atoms with Crippen LogP contribution in [0.4, 0.5) is 0 Å². The number of ether oxygens (including phenoxy) is 1. The monoisotopic (exact) mass is 462 g/mol. The van der Waals surface area contributed by atoms with Gasteiger partial charge in [0.15, 0.2) is 0 Å². The van der Waals surface area contributed by atoms with E-state index in [-0.39, 0.29) is 24.3 Å². The van der Waals surface area contributed by atoms with Crippen molar-refractivity contribution < 1.29 is 19.4 Å². The quantitative estimate of drug-likeness (QED) is 0.437. The number of hydrogen-bond acceptors (Lipinski definition) is 4. The minimum Gasteiger partial charge on any atom is -0.465 e. The van der Waals surface area contributed by atoms with Crippen LogP contribution in [-0.4, -0.2) is 23.5 Å². The van der Waals surface area contributed by atoms with Crippen molar-refractivity contribution in [1.82, 2.24) is 0 Å². The molecule has 1 aliphatic carbocycles. The van der Waals surface area contributed by atoms with E-state index < -0.39 is 0 Å². The van der Waals surface area contributed by atoms with Crippen molar-refractivity contribution in [2.45, 2.75) is 60.5 Å². The highest BCUT2D eigenvalue weighted by molar-refractivity contribution is 5.79. The number of carbonyl (C=O) groups is 2. The molecule has 0 radical (unpaired) electrons. The third-order valence-electron chi connectivity index (χ3n) is 5.03. The lowest BCUT2D eigenvalue weighted by Gasteiger charge is -2.12. The smallest absolute Gasteiger partial charge is 0.302 e. The lowest BCUT2D eigenvalue weighted by Crippen LogP contribution is -2.09. The molecular weight excluding hydrogens is 424 g/mol. The molecule has 0 heterocycles. The average Bonchev–Trinajstić information content (AvgIpc) is 3.18. The van der Waals surface area contributed by atoms with Crippen LogP contribution in [0.15, 0.2) is 72.8 Å². The number of aliphatic hydroxyl groups is 1. The van der Waals surface area contributed by atoms with Gasteiger partial charge in [-0.1, -0.05) is 93.6 Å². The standard InChI is InChI=1S/C16H14O2.C9H12O.C3H6O.C2H6/c1-11(17)18-10-16-14-8-4-2-6-12(14)13-7-3-5-9-15(13)16;1-2-8-3-5-9(7-10)6-4-8;1-3(2)4;1-2/h2-9,16H,10H2,1H3;3-6,10H,2,7H2,1H3;1-2H3;1-2H3. The van der Waals surface area contributed by atoms with Crippen LogP contribution in [0, 0.1) is 0 Å². The molecule has 0 aromatic heterocycles. The van der Waals surface area contributed by atoms with Crippen LogP contribution in [0.3, 0.4) is 0 Å². The maximum absolute atomic E-state index is 11.0. The summed E-state index contributed by atoms with van der Waals surface area (Å²) >= 11 is 0. The first-order valence-corrected chi connectivity index (χ1v) is 11.8. The lowest BCUT2D eigenvalue weighted by molar-refractivity contribution is -0.141. The van der Waals surface area contributed by atoms with E-state index in [0.717, 1.165) is 12.0 Å². The molecule has 0 amide bonds. The topological polar surface area (TPSA) is 63.6 Å². The van der Waals surface area contributed by atoms with Crippen LogP contribution in [0.25, 0.3) is 11.1 Å². The van der Waals surface area contributed by atoms with Crippen molar-refractivity contribution in [3.63, 3.8) is 0 Å². The second-order valence-electron chi connectivity index (χ2n) is 7.77. The van der Waals surface area contributed by atoms with Gasteiger partial charge < -0.3 is 14.6 Å². The molecule has 182 valence electrons. The van der Waals surface area contributed by atoms with E-state index in [1.807, 2.05) is 62.4 Å². The maximum Gasteiger partial charge on any atom is 0.302 e. The highest BCUT2D eigenvalue weighted by atomic mass is 16.5. The van der Waals surface area contributed by atoms with Crippen molar-refractivity contribution in [2.24, 2.45) is 0 Å². The summed E-state index contributed by atoms with van der Waals surface area (Å²) in [5.74, 6) is 0.109. The SMILES string of the molecule is CC.CC(=O)OCC1c2ccccc2-c2ccccc21.CC(C)=O.CCc1ccc(CO)cc1. The zero-order chi connectivity index (χ0) is 25.5. The van der Waals surface area contributed by atoms with Gasteiger partial charge in [-0.25, -0.2) is 0 Å². The number of ketones is 1. The van der Waals surface area contributed by atoms with Crippen LogP contribution >= 0.6 is 0 Å². The van der Waals surface area contributed by atoms with Crippen LogP contribution in [-0.2, 0) is 27.4 Å². The van der Waals surface area contributed by atoms with Gasteiger partial charge in [-0.2, -0.15) is 0 Å². The fourth-order valence-corrected chi connectivity index (χ4v) is 3.52. The van der Waals surface area contributed by atoms with E-state index in [4.69, 9.17) is 9.84 Å². The normalized spacial score (nSPS) is 10.7. The third-order valence-corrected chi connectivity index (χ3v) is 5.03. The molecule has 1 aliphatic rings. The van der Waals surface area contributed by atoms with Gasteiger partial charge in [0, 0.05) is 12.8 Å². The van der Waals surface area contributed by atoms with E-state index in [1.54, 1.807) is 0 Å². The number of rotatable bonds is 4. The number of Topliss-reactive ketones (excluding diaryl/α,β-unsaturated/α-hetero) is 1. The van der Waals surface area contributed by atoms with Gasteiger partial charge in [-0.05, 0) is 53.6 Å². The molecule has 0 bridgehead atoms. The second-order valence-corrected chi connectivity index (χ2v) is 7.77. The number of aliphatic hydroxyl groups excluding tert-OH is 1. The lowest BCUT2D eigenvalue weighted by atomic mass is 9.98. The number of hydrogen-bond donors (Lipinski definition) is 1. The fraction of sp³-hybridized carbons (Fsp3) is 0.333. The van der Waals surface area contributed by atoms with Crippen LogP contribution < -0.4 is 0 Å². The molecule has 3 aromatic carbocycles. The van der Waals surface area contributed by atoms with Gasteiger partial charge >= 0.3 is 5.97 Å². The third kappa shape index (κ3) is 8.95. The maximum atomic E-state index is 11.0.